The van der Waals surface area contributed by atoms with Gasteiger partial charge in [0.2, 0.25) is 21.8 Å². The zero-order valence-electron chi connectivity index (χ0n) is 26.5. The SMILES string of the molecule is CCOc1ccccc1N(CCCC(=O)N(Cc1ccc(Cl)cc1Cl)[C@H](Cc1ccccc1)C(=O)NC1CCCCC1)S(C)(=O)=O. The summed E-state index contributed by atoms with van der Waals surface area (Å²) in [4.78, 5) is 29.8. The van der Waals surface area contributed by atoms with Crippen molar-refractivity contribution < 1.29 is 22.7 Å². The van der Waals surface area contributed by atoms with E-state index in [-0.39, 0.29) is 43.8 Å². The topological polar surface area (TPSA) is 96.0 Å². The Bertz CT molecular complexity index is 1570. The van der Waals surface area contributed by atoms with Crippen LogP contribution >= 0.6 is 23.2 Å². The molecule has 248 valence electrons. The second-order valence-corrected chi connectivity index (χ2v) is 14.4. The van der Waals surface area contributed by atoms with Crippen molar-refractivity contribution in [1.82, 2.24) is 10.2 Å². The van der Waals surface area contributed by atoms with Crippen LogP contribution in [0.15, 0.2) is 72.8 Å². The first kappa shape index (κ1) is 35.6. The molecule has 0 saturated heterocycles. The molecule has 3 aromatic rings. The molecule has 0 aromatic heterocycles. The number of anilines is 1. The molecule has 1 atom stereocenters. The highest BCUT2D eigenvalue weighted by Gasteiger charge is 2.32. The van der Waals surface area contributed by atoms with Crippen LogP contribution in [0.3, 0.4) is 0 Å². The number of rotatable bonds is 15. The van der Waals surface area contributed by atoms with Crippen molar-refractivity contribution in [2.75, 3.05) is 23.7 Å². The number of benzene rings is 3. The van der Waals surface area contributed by atoms with E-state index in [0.717, 1.165) is 43.9 Å². The van der Waals surface area contributed by atoms with Gasteiger partial charge in [0.05, 0.1) is 18.6 Å². The number of halogens is 2. The summed E-state index contributed by atoms with van der Waals surface area (Å²) in [5, 5.41) is 4.09. The van der Waals surface area contributed by atoms with E-state index in [2.05, 4.69) is 5.32 Å². The third kappa shape index (κ3) is 10.1. The fraction of sp³-hybridized carbons (Fsp3) is 0.429. The van der Waals surface area contributed by atoms with Gasteiger partial charge in [0, 0.05) is 42.0 Å². The molecule has 1 N–H and O–H groups in total. The molecule has 0 spiro atoms. The number of para-hydroxylation sites is 2. The van der Waals surface area contributed by atoms with Crippen molar-refractivity contribution in [3.8, 4) is 5.75 Å². The highest BCUT2D eigenvalue weighted by atomic mass is 35.5. The third-order valence-corrected chi connectivity index (χ3v) is 9.93. The van der Waals surface area contributed by atoms with E-state index in [4.69, 9.17) is 27.9 Å². The lowest BCUT2D eigenvalue weighted by molar-refractivity contribution is -0.141. The third-order valence-electron chi connectivity index (χ3n) is 8.16. The van der Waals surface area contributed by atoms with E-state index in [1.807, 2.05) is 37.3 Å². The average molecular weight is 689 g/mol. The summed E-state index contributed by atoms with van der Waals surface area (Å²) in [6, 6.07) is 20.9. The number of nitrogens with one attached hydrogen (secondary N) is 1. The van der Waals surface area contributed by atoms with Crippen LogP contribution in [0.2, 0.25) is 10.0 Å². The molecular formula is C35H43Cl2N3O5S. The monoisotopic (exact) mass is 687 g/mol. The Hall–Kier alpha value is -3.27. The summed E-state index contributed by atoms with van der Waals surface area (Å²) >= 11 is 12.7. The van der Waals surface area contributed by atoms with Crippen LogP contribution < -0.4 is 14.4 Å². The van der Waals surface area contributed by atoms with Gasteiger partial charge in [-0.15, -0.1) is 0 Å². The van der Waals surface area contributed by atoms with Gasteiger partial charge in [-0.05, 0) is 61.6 Å². The molecule has 0 aliphatic heterocycles. The highest BCUT2D eigenvalue weighted by Crippen LogP contribution is 2.31. The fourth-order valence-corrected chi connectivity index (χ4v) is 7.29. The smallest absolute Gasteiger partial charge is 0.243 e. The van der Waals surface area contributed by atoms with E-state index in [9.17, 15) is 18.0 Å². The molecule has 3 aromatic carbocycles. The van der Waals surface area contributed by atoms with Crippen molar-refractivity contribution in [2.24, 2.45) is 0 Å². The van der Waals surface area contributed by atoms with Crippen molar-refractivity contribution in [1.29, 1.82) is 0 Å². The lowest BCUT2D eigenvalue weighted by atomic mass is 9.94. The van der Waals surface area contributed by atoms with Gasteiger partial charge in [0.1, 0.15) is 11.8 Å². The van der Waals surface area contributed by atoms with Crippen LogP contribution in [-0.4, -0.2) is 56.6 Å². The molecule has 2 amide bonds. The van der Waals surface area contributed by atoms with Gasteiger partial charge in [-0.1, -0.05) is 91.0 Å². The summed E-state index contributed by atoms with van der Waals surface area (Å²) in [6.45, 7) is 2.36. The Morgan fingerprint density at radius 2 is 1.67 bits per heavy atom. The second-order valence-electron chi connectivity index (χ2n) is 11.6. The van der Waals surface area contributed by atoms with Crippen LogP contribution in [0.25, 0.3) is 0 Å². The standard InChI is InChI=1S/C35H43Cl2N3O5S/c1-3-45-33-18-11-10-17-31(33)40(46(2,43)44)22-12-19-34(41)39(25-27-20-21-28(36)24-30(27)37)32(23-26-13-6-4-7-14-26)35(42)38-29-15-8-5-9-16-29/h4,6-7,10-11,13-14,17-18,20-21,24,29,32H,3,5,8-9,12,15-16,19,22-23,25H2,1-2H3,(H,38,42)/t32-/m1/s1. The van der Waals surface area contributed by atoms with Crippen LogP contribution in [-0.2, 0) is 32.6 Å². The van der Waals surface area contributed by atoms with Crippen LogP contribution in [0, 0.1) is 0 Å². The molecule has 1 fully saturated rings. The van der Waals surface area contributed by atoms with E-state index < -0.39 is 16.1 Å². The quantitative estimate of drug-likeness (QED) is 0.185. The first-order chi connectivity index (χ1) is 22.1. The largest absolute Gasteiger partial charge is 0.492 e. The van der Waals surface area contributed by atoms with Crippen molar-refractivity contribution in [3.63, 3.8) is 0 Å². The zero-order chi connectivity index (χ0) is 33.1. The van der Waals surface area contributed by atoms with Gasteiger partial charge in [-0.3, -0.25) is 13.9 Å². The zero-order valence-corrected chi connectivity index (χ0v) is 28.8. The summed E-state index contributed by atoms with van der Waals surface area (Å²) in [7, 11) is -3.69. The second kappa shape index (κ2) is 17.0. The summed E-state index contributed by atoms with van der Waals surface area (Å²) < 4.78 is 32.7. The first-order valence-corrected chi connectivity index (χ1v) is 18.4. The molecule has 0 heterocycles. The molecule has 0 unspecified atom stereocenters. The molecular weight excluding hydrogens is 645 g/mol. The van der Waals surface area contributed by atoms with Gasteiger partial charge in [-0.2, -0.15) is 0 Å². The molecule has 1 aliphatic rings. The molecule has 1 saturated carbocycles. The Labute approximate surface area is 283 Å². The Morgan fingerprint density at radius 1 is 0.978 bits per heavy atom. The van der Waals surface area contributed by atoms with E-state index in [1.54, 1.807) is 47.4 Å². The number of hydrogen-bond acceptors (Lipinski definition) is 5. The van der Waals surface area contributed by atoms with Crippen LogP contribution in [0.4, 0.5) is 5.69 Å². The minimum Gasteiger partial charge on any atom is -0.492 e. The minimum absolute atomic E-state index is 0.00995. The predicted molar refractivity (Wildman–Crippen MR) is 185 cm³/mol. The summed E-state index contributed by atoms with van der Waals surface area (Å²) in [5.74, 6) is -0.0436. The summed E-state index contributed by atoms with van der Waals surface area (Å²) in [5.41, 5.74) is 1.99. The van der Waals surface area contributed by atoms with Crippen molar-refractivity contribution in [3.05, 3.63) is 94.0 Å². The Morgan fingerprint density at radius 3 is 2.35 bits per heavy atom. The maximum Gasteiger partial charge on any atom is 0.243 e. The first-order valence-electron chi connectivity index (χ1n) is 15.8. The van der Waals surface area contributed by atoms with Gasteiger partial charge < -0.3 is 15.0 Å². The molecule has 1 aliphatic carbocycles. The minimum atomic E-state index is -3.69. The van der Waals surface area contributed by atoms with Crippen molar-refractivity contribution in [2.45, 2.75) is 76.9 Å². The Balaban J connectivity index is 1.62. The van der Waals surface area contributed by atoms with Crippen molar-refractivity contribution >= 4 is 50.7 Å². The molecule has 46 heavy (non-hydrogen) atoms. The molecule has 11 heteroatoms. The molecule has 4 rings (SSSR count). The lowest BCUT2D eigenvalue weighted by Crippen LogP contribution is -2.53. The number of hydrogen-bond donors (Lipinski definition) is 1. The van der Waals surface area contributed by atoms with Gasteiger partial charge >= 0.3 is 0 Å². The number of carbonyl (C=O) groups is 2. The number of carbonyl (C=O) groups excluding carboxylic acids is 2. The highest BCUT2D eigenvalue weighted by molar-refractivity contribution is 7.92. The maximum absolute atomic E-state index is 14.2. The van der Waals surface area contributed by atoms with E-state index >= 15 is 0 Å². The average Bonchev–Trinajstić information content (AvgIpc) is 3.03. The molecule has 0 radical (unpaired) electrons. The molecule has 0 bridgehead atoms. The van der Waals surface area contributed by atoms with E-state index in [1.165, 1.54) is 4.31 Å². The van der Waals surface area contributed by atoms with Gasteiger partial charge in [0.25, 0.3) is 0 Å². The number of sulfonamides is 1. The number of ether oxygens (including phenoxy) is 1. The summed E-state index contributed by atoms with van der Waals surface area (Å²) in [6.07, 6.45) is 6.76. The van der Waals surface area contributed by atoms with E-state index in [0.29, 0.717) is 40.1 Å². The molecule has 8 nitrogen and oxygen atoms in total. The normalized spacial score (nSPS) is 14.3. The predicted octanol–water partition coefficient (Wildman–Crippen LogP) is 7.03. The lowest BCUT2D eigenvalue weighted by Gasteiger charge is -2.34. The van der Waals surface area contributed by atoms with Gasteiger partial charge in [-0.25, -0.2) is 8.42 Å². The Kier molecular flexibility index (Phi) is 13.2. The fourth-order valence-electron chi connectivity index (χ4n) is 5.85. The van der Waals surface area contributed by atoms with Crippen LogP contribution in [0.1, 0.15) is 63.0 Å². The van der Waals surface area contributed by atoms with Gasteiger partial charge in [0.15, 0.2) is 0 Å². The number of nitrogens with zero attached hydrogens (tertiary/aromatic N) is 2. The van der Waals surface area contributed by atoms with Crippen LogP contribution in [0.5, 0.6) is 5.75 Å². The number of amides is 2. The maximum atomic E-state index is 14.2.